The summed E-state index contributed by atoms with van der Waals surface area (Å²) in [6.07, 6.45) is 6.33. The van der Waals surface area contributed by atoms with Gasteiger partial charge in [0.1, 0.15) is 5.82 Å². The van der Waals surface area contributed by atoms with Gasteiger partial charge in [-0.3, -0.25) is 4.79 Å². The Morgan fingerprint density at radius 1 is 1.55 bits per heavy atom. The molecule has 7 nitrogen and oxygen atoms in total. The third-order valence-corrected chi connectivity index (χ3v) is 6.30. The number of hydrogen-bond acceptors (Lipinski definition) is 6. The summed E-state index contributed by atoms with van der Waals surface area (Å²) in [6, 6.07) is 0. The Hall–Kier alpha value is -1.53. The summed E-state index contributed by atoms with van der Waals surface area (Å²) >= 11 is 1.27. The van der Waals surface area contributed by atoms with Crippen molar-refractivity contribution in [3.05, 3.63) is 5.82 Å². The van der Waals surface area contributed by atoms with Crippen LogP contribution in [-0.4, -0.2) is 52.9 Å². The predicted molar refractivity (Wildman–Crippen MR) is 84.0 cm³/mol. The van der Waals surface area contributed by atoms with Crippen molar-refractivity contribution in [3.63, 3.8) is 0 Å². The zero-order valence-corrected chi connectivity index (χ0v) is 13.9. The van der Waals surface area contributed by atoms with E-state index >= 15 is 0 Å². The van der Waals surface area contributed by atoms with Crippen LogP contribution in [0.1, 0.15) is 12.2 Å². The lowest BCUT2D eigenvalue weighted by Gasteiger charge is -2.07. The molecule has 2 heterocycles. The lowest BCUT2D eigenvalue weighted by molar-refractivity contribution is -0.118. The molecule has 1 aromatic rings. The van der Waals surface area contributed by atoms with Crippen LogP contribution in [-0.2, 0) is 28.1 Å². The maximum absolute atomic E-state index is 11.5. The van der Waals surface area contributed by atoms with E-state index in [0.29, 0.717) is 18.0 Å². The minimum absolute atomic E-state index is 0.102. The molecule has 0 aliphatic carbocycles. The maximum Gasteiger partial charge on any atom is 0.231 e. The summed E-state index contributed by atoms with van der Waals surface area (Å²) in [5.74, 6) is 3.71. The fraction of sp³-hybridized carbons (Fsp3) is 0.615. The van der Waals surface area contributed by atoms with Gasteiger partial charge in [0.15, 0.2) is 15.0 Å². The molecule has 0 spiro atoms. The molecular weight excluding hydrogens is 324 g/mol. The molecule has 1 aliphatic heterocycles. The van der Waals surface area contributed by atoms with E-state index < -0.39 is 9.84 Å². The monoisotopic (exact) mass is 342 g/mol. The highest BCUT2D eigenvalue weighted by Crippen LogP contribution is 2.23. The maximum atomic E-state index is 11.5. The SMILES string of the molecule is C#CCNC(=O)CSc1nnc(C[C@@H]2CCS(=O)(=O)C2)n1C. The highest BCUT2D eigenvalue weighted by molar-refractivity contribution is 7.99. The summed E-state index contributed by atoms with van der Waals surface area (Å²) < 4.78 is 24.8. The van der Waals surface area contributed by atoms with E-state index in [9.17, 15) is 13.2 Å². The fourth-order valence-corrected chi connectivity index (χ4v) is 4.89. The van der Waals surface area contributed by atoms with Crippen molar-refractivity contribution in [2.75, 3.05) is 23.8 Å². The molecule has 1 aliphatic rings. The van der Waals surface area contributed by atoms with Gasteiger partial charge in [0.05, 0.1) is 23.8 Å². The first kappa shape index (κ1) is 16.8. The van der Waals surface area contributed by atoms with E-state index in [4.69, 9.17) is 6.42 Å². The van der Waals surface area contributed by atoms with Crippen LogP contribution in [0, 0.1) is 18.3 Å². The molecule has 22 heavy (non-hydrogen) atoms. The van der Waals surface area contributed by atoms with Crippen molar-refractivity contribution < 1.29 is 13.2 Å². The molecule has 1 atom stereocenters. The molecule has 1 fully saturated rings. The molecule has 2 rings (SSSR count). The number of thioether (sulfide) groups is 1. The van der Waals surface area contributed by atoms with Gasteiger partial charge < -0.3 is 9.88 Å². The molecule has 1 amide bonds. The van der Waals surface area contributed by atoms with Crippen LogP contribution >= 0.6 is 11.8 Å². The molecule has 0 unspecified atom stereocenters. The number of nitrogens with zero attached hydrogens (tertiary/aromatic N) is 3. The van der Waals surface area contributed by atoms with E-state index in [1.807, 2.05) is 11.6 Å². The number of hydrogen-bond donors (Lipinski definition) is 1. The first-order valence-electron chi connectivity index (χ1n) is 6.83. The van der Waals surface area contributed by atoms with Gasteiger partial charge >= 0.3 is 0 Å². The molecule has 0 bridgehead atoms. The van der Waals surface area contributed by atoms with Crippen molar-refractivity contribution in [1.82, 2.24) is 20.1 Å². The summed E-state index contributed by atoms with van der Waals surface area (Å²) in [4.78, 5) is 11.5. The van der Waals surface area contributed by atoms with Gasteiger partial charge in [-0.1, -0.05) is 17.7 Å². The molecule has 9 heteroatoms. The number of sulfone groups is 1. The second-order valence-electron chi connectivity index (χ2n) is 5.20. The van der Waals surface area contributed by atoms with Crippen LogP contribution in [0.4, 0.5) is 0 Å². The zero-order valence-electron chi connectivity index (χ0n) is 12.3. The molecule has 1 N–H and O–H groups in total. The van der Waals surface area contributed by atoms with Crippen molar-refractivity contribution in [2.24, 2.45) is 13.0 Å². The van der Waals surface area contributed by atoms with Crippen LogP contribution in [0.3, 0.4) is 0 Å². The van der Waals surface area contributed by atoms with Crippen LogP contribution in [0.2, 0.25) is 0 Å². The van der Waals surface area contributed by atoms with Crippen molar-refractivity contribution >= 4 is 27.5 Å². The fourth-order valence-electron chi connectivity index (χ4n) is 2.27. The number of aromatic nitrogens is 3. The van der Waals surface area contributed by atoms with E-state index in [1.165, 1.54) is 11.8 Å². The molecule has 0 radical (unpaired) electrons. The smallest absolute Gasteiger partial charge is 0.231 e. The Labute approximate surface area is 134 Å². The average molecular weight is 342 g/mol. The number of carbonyl (C=O) groups is 1. The van der Waals surface area contributed by atoms with E-state index in [0.717, 1.165) is 5.82 Å². The standard InChI is InChI=1S/C13H18N4O3S2/c1-3-5-14-12(18)8-21-13-16-15-11(17(13)2)7-10-4-6-22(19,20)9-10/h1,10H,4-9H2,2H3,(H,14,18)/t10-/m0/s1. The minimum atomic E-state index is -2.88. The Bertz CT molecular complexity index is 691. The van der Waals surface area contributed by atoms with Gasteiger partial charge in [-0.2, -0.15) is 0 Å². The van der Waals surface area contributed by atoms with Gasteiger partial charge in [-0.25, -0.2) is 8.42 Å². The second kappa shape index (κ2) is 7.15. The Morgan fingerprint density at radius 3 is 2.95 bits per heavy atom. The highest BCUT2D eigenvalue weighted by Gasteiger charge is 2.29. The van der Waals surface area contributed by atoms with Crippen LogP contribution in [0.5, 0.6) is 0 Å². The summed E-state index contributed by atoms with van der Waals surface area (Å²) in [5.41, 5.74) is 0. The lowest BCUT2D eigenvalue weighted by atomic mass is 10.1. The zero-order chi connectivity index (χ0) is 16.2. The molecule has 0 aromatic carbocycles. The number of terminal acetylenes is 1. The van der Waals surface area contributed by atoms with Crippen molar-refractivity contribution in [3.8, 4) is 12.3 Å². The first-order valence-corrected chi connectivity index (χ1v) is 9.63. The average Bonchev–Trinajstić information content (AvgIpc) is 2.98. The second-order valence-corrected chi connectivity index (χ2v) is 8.37. The van der Waals surface area contributed by atoms with Crippen molar-refractivity contribution in [1.29, 1.82) is 0 Å². The molecule has 1 saturated heterocycles. The van der Waals surface area contributed by atoms with Crippen LogP contribution in [0.15, 0.2) is 5.16 Å². The van der Waals surface area contributed by atoms with Gasteiger partial charge in [-0.05, 0) is 12.3 Å². The molecular formula is C13H18N4O3S2. The number of nitrogens with one attached hydrogen (secondary N) is 1. The van der Waals surface area contributed by atoms with Gasteiger partial charge in [0.2, 0.25) is 5.91 Å². The predicted octanol–water partition coefficient (Wildman–Crippen LogP) is -0.366. The largest absolute Gasteiger partial charge is 0.344 e. The summed E-state index contributed by atoms with van der Waals surface area (Å²) in [7, 11) is -1.06. The molecule has 1 aromatic heterocycles. The van der Waals surface area contributed by atoms with Gasteiger partial charge in [0, 0.05) is 13.5 Å². The summed E-state index contributed by atoms with van der Waals surface area (Å²) in [6.45, 7) is 0.208. The van der Waals surface area contributed by atoms with Gasteiger partial charge in [-0.15, -0.1) is 16.6 Å². The third-order valence-electron chi connectivity index (χ3n) is 3.44. The minimum Gasteiger partial charge on any atom is -0.344 e. The number of carbonyl (C=O) groups excluding carboxylic acids is 1. The van der Waals surface area contributed by atoms with E-state index in [1.54, 1.807) is 0 Å². The highest BCUT2D eigenvalue weighted by atomic mass is 32.2. The normalized spacial score (nSPS) is 19.7. The van der Waals surface area contributed by atoms with Crippen LogP contribution < -0.4 is 5.32 Å². The number of rotatable bonds is 6. The Kier molecular flexibility index (Phi) is 5.47. The third kappa shape index (κ3) is 4.48. The Morgan fingerprint density at radius 2 is 2.32 bits per heavy atom. The van der Waals surface area contributed by atoms with E-state index in [2.05, 4.69) is 21.4 Å². The Balaban J connectivity index is 1.90. The topological polar surface area (TPSA) is 94.0 Å². The van der Waals surface area contributed by atoms with Crippen molar-refractivity contribution in [2.45, 2.75) is 18.0 Å². The van der Waals surface area contributed by atoms with Crippen LogP contribution in [0.25, 0.3) is 0 Å². The quantitative estimate of drug-likeness (QED) is 0.560. The number of amides is 1. The van der Waals surface area contributed by atoms with Gasteiger partial charge in [0.25, 0.3) is 0 Å². The lowest BCUT2D eigenvalue weighted by Crippen LogP contribution is -2.25. The first-order chi connectivity index (χ1) is 10.4. The summed E-state index contributed by atoms with van der Waals surface area (Å²) in [5, 5.41) is 11.4. The van der Waals surface area contributed by atoms with E-state index in [-0.39, 0.29) is 35.6 Å². The molecule has 120 valence electrons. The molecule has 0 saturated carbocycles.